The molecule has 1 fully saturated rings. The maximum Gasteiger partial charge on any atom is 0.330 e. The molecule has 0 bridgehead atoms. The lowest BCUT2D eigenvalue weighted by atomic mass is 10.2. The topological polar surface area (TPSA) is 90.4 Å². The van der Waals surface area contributed by atoms with Crippen LogP contribution in [0.5, 0.6) is 0 Å². The van der Waals surface area contributed by atoms with Crippen molar-refractivity contribution < 1.29 is 18.7 Å². The summed E-state index contributed by atoms with van der Waals surface area (Å²) in [5.41, 5.74) is -1.85. The van der Waals surface area contributed by atoms with Crippen LogP contribution in [-0.2, 0) is 14.3 Å². The second-order valence-electron chi connectivity index (χ2n) is 4.56. The summed E-state index contributed by atoms with van der Waals surface area (Å²) in [6.45, 7) is 3.36. The molecule has 8 heteroatoms. The van der Waals surface area contributed by atoms with Crippen LogP contribution in [-0.4, -0.2) is 27.7 Å². The van der Waals surface area contributed by atoms with Crippen molar-refractivity contribution in [3.63, 3.8) is 0 Å². The van der Waals surface area contributed by atoms with E-state index in [2.05, 4.69) is 0 Å². The van der Waals surface area contributed by atoms with Crippen LogP contribution in [0.1, 0.15) is 32.9 Å². The number of H-pyrrole nitrogens is 1. The zero-order valence-electron chi connectivity index (χ0n) is 11.1. The molecule has 1 N–H and O–H groups in total. The third kappa shape index (κ3) is 2.79. The Morgan fingerprint density at radius 1 is 1.60 bits per heavy atom. The zero-order valence-corrected chi connectivity index (χ0v) is 11.1. The number of carbonyl (C=O) groups excluding carboxylic acids is 1. The van der Waals surface area contributed by atoms with Gasteiger partial charge in [0.15, 0.2) is 0 Å². The van der Waals surface area contributed by atoms with Crippen molar-refractivity contribution >= 4 is 5.97 Å². The highest BCUT2D eigenvalue weighted by Crippen LogP contribution is 2.29. The number of aromatic amines is 1. The molecule has 110 valence electrons. The number of nitrogens with one attached hydrogen (secondary N) is 1. The molecule has 20 heavy (non-hydrogen) atoms. The van der Waals surface area contributed by atoms with Gasteiger partial charge in [-0.1, -0.05) is 6.92 Å². The van der Waals surface area contributed by atoms with Crippen molar-refractivity contribution in [2.45, 2.75) is 45.1 Å². The van der Waals surface area contributed by atoms with Crippen molar-refractivity contribution in [3.05, 3.63) is 32.9 Å². The highest BCUT2D eigenvalue weighted by Gasteiger charge is 2.36. The number of nitrogens with zero attached hydrogens (tertiary/aromatic N) is 1. The van der Waals surface area contributed by atoms with Crippen LogP contribution >= 0.6 is 0 Å². The van der Waals surface area contributed by atoms with Crippen LogP contribution in [0.25, 0.3) is 0 Å². The molecule has 0 saturated carbocycles. The molecule has 1 aliphatic heterocycles. The number of hydrogen-bond acceptors (Lipinski definition) is 5. The Kier molecular flexibility index (Phi) is 4.03. The first-order chi connectivity index (χ1) is 9.42. The van der Waals surface area contributed by atoms with Crippen LogP contribution in [0.2, 0.25) is 0 Å². The number of aromatic nitrogens is 2. The average molecular weight is 286 g/mol. The molecule has 1 aliphatic rings. The minimum absolute atomic E-state index is 0.221. The van der Waals surface area contributed by atoms with Crippen LogP contribution in [0.4, 0.5) is 4.39 Å². The number of carbonyl (C=O) groups is 1. The molecule has 0 spiro atoms. The van der Waals surface area contributed by atoms with Gasteiger partial charge in [0.2, 0.25) is 5.82 Å². The Balaban J connectivity index is 2.20. The second-order valence-corrected chi connectivity index (χ2v) is 4.56. The monoisotopic (exact) mass is 286 g/mol. The van der Waals surface area contributed by atoms with Crippen molar-refractivity contribution in [3.8, 4) is 0 Å². The van der Waals surface area contributed by atoms with E-state index in [4.69, 9.17) is 9.47 Å². The standard InChI is InChI=1S/C12H15FN2O5/c1-3-10(16)20-8-4-9(19-6(8)2)15-5-7(13)11(17)14-12(15)18/h5-6,8-9H,3-4H2,1-2H3,(H,14,17,18)/t6-,8+,9-/m1/s1. The number of rotatable bonds is 3. The number of ether oxygens (including phenoxy) is 2. The van der Waals surface area contributed by atoms with Gasteiger partial charge in [0.25, 0.3) is 5.56 Å². The summed E-state index contributed by atoms with van der Waals surface area (Å²) < 4.78 is 24.8. The van der Waals surface area contributed by atoms with Gasteiger partial charge >= 0.3 is 11.7 Å². The van der Waals surface area contributed by atoms with E-state index in [1.165, 1.54) is 0 Å². The van der Waals surface area contributed by atoms with E-state index in [1.807, 2.05) is 4.98 Å². The maximum atomic E-state index is 13.2. The summed E-state index contributed by atoms with van der Waals surface area (Å²) in [5, 5.41) is 0. The lowest BCUT2D eigenvalue weighted by Crippen LogP contribution is -2.33. The molecule has 3 atom stereocenters. The third-order valence-corrected chi connectivity index (χ3v) is 3.14. The number of halogens is 1. The van der Waals surface area contributed by atoms with Gasteiger partial charge in [-0.15, -0.1) is 0 Å². The minimum atomic E-state index is -1.08. The Hall–Kier alpha value is -1.96. The molecule has 0 unspecified atom stereocenters. The summed E-state index contributed by atoms with van der Waals surface area (Å²) in [6, 6.07) is 0. The Labute approximate surface area is 113 Å². The normalized spacial score (nSPS) is 25.6. The van der Waals surface area contributed by atoms with E-state index in [-0.39, 0.29) is 18.8 Å². The van der Waals surface area contributed by atoms with Gasteiger partial charge in [0, 0.05) is 12.8 Å². The largest absolute Gasteiger partial charge is 0.459 e. The highest BCUT2D eigenvalue weighted by atomic mass is 19.1. The SMILES string of the molecule is CCC(=O)O[C@H]1C[C@H](n2cc(F)c(=O)[nH]c2=O)O[C@@H]1C. The molecule has 0 amide bonds. The summed E-state index contributed by atoms with van der Waals surface area (Å²) in [5.74, 6) is -1.44. The number of esters is 1. The van der Waals surface area contributed by atoms with Gasteiger partial charge in [-0.3, -0.25) is 19.1 Å². The Bertz CT molecular complexity index is 623. The zero-order chi connectivity index (χ0) is 14.9. The van der Waals surface area contributed by atoms with E-state index >= 15 is 0 Å². The fourth-order valence-electron chi connectivity index (χ4n) is 2.03. The first-order valence-corrected chi connectivity index (χ1v) is 6.28. The van der Waals surface area contributed by atoms with Gasteiger partial charge < -0.3 is 9.47 Å². The van der Waals surface area contributed by atoms with Gasteiger partial charge in [0.1, 0.15) is 12.3 Å². The van der Waals surface area contributed by atoms with Gasteiger partial charge in [-0.05, 0) is 6.92 Å². The molecule has 2 rings (SSSR count). The van der Waals surface area contributed by atoms with E-state index in [1.54, 1.807) is 13.8 Å². The summed E-state index contributed by atoms with van der Waals surface area (Å²) in [6.07, 6.45) is -0.452. The molecule has 0 radical (unpaired) electrons. The van der Waals surface area contributed by atoms with Crippen molar-refractivity contribution in [1.82, 2.24) is 9.55 Å². The molecule has 0 aliphatic carbocycles. The molecule has 0 aromatic carbocycles. The molecular weight excluding hydrogens is 271 g/mol. The molecular formula is C12H15FN2O5. The van der Waals surface area contributed by atoms with Gasteiger partial charge in [-0.25, -0.2) is 4.79 Å². The Morgan fingerprint density at radius 2 is 2.30 bits per heavy atom. The van der Waals surface area contributed by atoms with Crippen LogP contribution in [0.15, 0.2) is 15.8 Å². The van der Waals surface area contributed by atoms with E-state index in [9.17, 15) is 18.8 Å². The molecule has 1 aromatic rings. The first kappa shape index (κ1) is 14.4. The van der Waals surface area contributed by atoms with Crippen molar-refractivity contribution in [2.75, 3.05) is 0 Å². The molecule has 7 nitrogen and oxygen atoms in total. The van der Waals surface area contributed by atoms with Gasteiger partial charge in [-0.2, -0.15) is 4.39 Å². The van der Waals surface area contributed by atoms with Gasteiger partial charge in [0.05, 0.1) is 12.3 Å². The lowest BCUT2D eigenvalue weighted by molar-refractivity contribution is -0.151. The highest BCUT2D eigenvalue weighted by molar-refractivity contribution is 5.69. The average Bonchev–Trinajstić information content (AvgIpc) is 2.75. The van der Waals surface area contributed by atoms with E-state index in [0.717, 1.165) is 10.8 Å². The van der Waals surface area contributed by atoms with Crippen molar-refractivity contribution in [2.24, 2.45) is 0 Å². The quantitative estimate of drug-likeness (QED) is 0.807. The smallest absolute Gasteiger partial charge is 0.330 e. The second kappa shape index (κ2) is 5.58. The maximum absolute atomic E-state index is 13.2. The third-order valence-electron chi connectivity index (χ3n) is 3.14. The summed E-state index contributed by atoms with van der Waals surface area (Å²) in [4.78, 5) is 35.7. The first-order valence-electron chi connectivity index (χ1n) is 6.28. The van der Waals surface area contributed by atoms with E-state index < -0.39 is 35.5 Å². The Morgan fingerprint density at radius 3 is 2.95 bits per heavy atom. The van der Waals surface area contributed by atoms with Crippen LogP contribution < -0.4 is 11.2 Å². The number of hydrogen-bond donors (Lipinski definition) is 1. The van der Waals surface area contributed by atoms with Crippen LogP contribution in [0, 0.1) is 5.82 Å². The van der Waals surface area contributed by atoms with Crippen molar-refractivity contribution in [1.29, 1.82) is 0 Å². The predicted octanol–water partition coefficient (Wildman–Crippen LogP) is 0.305. The van der Waals surface area contributed by atoms with Crippen LogP contribution in [0.3, 0.4) is 0 Å². The molecule has 1 aromatic heterocycles. The minimum Gasteiger partial charge on any atom is -0.459 e. The summed E-state index contributed by atoms with van der Waals surface area (Å²) in [7, 11) is 0. The predicted molar refractivity (Wildman–Crippen MR) is 65.7 cm³/mol. The fraction of sp³-hybridized carbons (Fsp3) is 0.583. The summed E-state index contributed by atoms with van der Waals surface area (Å²) >= 11 is 0. The molecule has 1 saturated heterocycles. The molecule has 2 heterocycles. The lowest BCUT2D eigenvalue weighted by Gasteiger charge is -2.13. The fourth-order valence-corrected chi connectivity index (χ4v) is 2.03. The van der Waals surface area contributed by atoms with E-state index in [0.29, 0.717) is 0 Å².